The van der Waals surface area contributed by atoms with Crippen LogP contribution in [0.1, 0.15) is 15.9 Å². The first-order chi connectivity index (χ1) is 6.60. The van der Waals surface area contributed by atoms with Crippen molar-refractivity contribution in [1.29, 1.82) is 5.26 Å². The van der Waals surface area contributed by atoms with Crippen LogP contribution >= 0.6 is 11.6 Å². The Kier molecular flexibility index (Phi) is 3.05. The lowest BCUT2D eigenvalue weighted by Gasteiger charge is -2.04. The molecular weight excluding hydrogens is 209 g/mol. The predicted octanol–water partition coefficient (Wildman–Crippen LogP) is 2.08. The molecule has 0 aliphatic carbocycles. The van der Waals surface area contributed by atoms with E-state index in [9.17, 15) is 9.18 Å². The summed E-state index contributed by atoms with van der Waals surface area (Å²) in [4.78, 5) is 10.8. The number of benzene rings is 1. The third-order valence-electron chi connectivity index (χ3n) is 1.61. The van der Waals surface area contributed by atoms with E-state index in [1.165, 1.54) is 7.11 Å². The second kappa shape index (κ2) is 4.07. The number of halogens is 2. The van der Waals surface area contributed by atoms with Crippen LogP contribution < -0.4 is 4.74 Å². The van der Waals surface area contributed by atoms with Crippen LogP contribution in [0.15, 0.2) is 12.1 Å². The molecule has 14 heavy (non-hydrogen) atoms. The average molecular weight is 214 g/mol. The lowest BCUT2D eigenvalue weighted by Crippen LogP contribution is -1.97. The molecule has 0 aromatic heterocycles. The van der Waals surface area contributed by atoms with Crippen LogP contribution in [-0.4, -0.2) is 12.4 Å². The van der Waals surface area contributed by atoms with Crippen molar-refractivity contribution in [1.82, 2.24) is 0 Å². The Morgan fingerprint density at radius 1 is 1.64 bits per heavy atom. The van der Waals surface area contributed by atoms with Crippen LogP contribution in [0.5, 0.6) is 5.75 Å². The molecule has 1 rings (SSSR count). The van der Waals surface area contributed by atoms with Crippen molar-refractivity contribution in [2.75, 3.05) is 7.11 Å². The molecule has 0 aliphatic rings. The molecule has 1 aromatic carbocycles. The van der Waals surface area contributed by atoms with Gasteiger partial charge in [-0.25, -0.2) is 4.39 Å². The normalized spacial score (nSPS) is 9.29. The van der Waals surface area contributed by atoms with Crippen LogP contribution in [0.2, 0.25) is 0 Å². The lowest BCUT2D eigenvalue weighted by atomic mass is 10.1. The third kappa shape index (κ3) is 1.83. The van der Waals surface area contributed by atoms with Crippen molar-refractivity contribution in [3.63, 3.8) is 0 Å². The van der Waals surface area contributed by atoms with E-state index in [-0.39, 0.29) is 16.9 Å². The van der Waals surface area contributed by atoms with E-state index in [0.717, 1.165) is 12.1 Å². The summed E-state index contributed by atoms with van der Waals surface area (Å²) in [5.74, 6) is -0.968. The Morgan fingerprint density at radius 2 is 2.29 bits per heavy atom. The summed E-state index contributed by atoms with van der Waals surface area (Å²) in [6, 6.07) is 3.82. The minimum absolute atomic E-state index is 0.0291. The standard InChI is InChI=1S/C9H5ClFNO2/c1-14-7-3-5(9(10)13)2-6(4-12)8(7)11/h2-3H,1H3. The highest BCUT2D eigenvalue weighted by Gasteiger charge is 2.13. The van der Waals surface area contributed by atoms with Gasteiger partial charge in [0.05, 0.1) is 12.7 Å². The molecule has 0 unspecified atom stereocenters. The van der Waals surface area contributed by atoms with E-state index in [2.05, 4.69) is 4.74 Å². The number of methoxy groups -OCH3 is 1. The Hall–Kier alpha value is -1.60. The largest absolute Gasteiger partial charge is 0.494 e. The van der Waals surface area contributed by atoms with E-state index in [0.29, 0.717) is 0 Å². The van der Waals surface area contributed by atoms with Gasteiger partial charge >= 0.3 is 0 Å². The number of nitrogens with zero attached hydrogens (tertiary/aromatic N) is 1. The minimum atomic E-state index is -0.795. The average Bonchev–Trinajstić information content (AvgIpc) is 2.17. The third-order valence-corrected chi connectivity index (χ3v) is 1.82. The maximum Gasteiger partial charge on any atom is 0.252 e. The van der Waals surface area contributed by atoms with Gasteiger partial charge in [0.25, 0.3) is 5.24 Å². The van der Waals surface area contributed by atoms with Gasteiger partial charge in [-0.2, -0.15) is 5.26 Å². The smallest absolute Gasteiger partial charge is 0.252 e. The summed E-state index contributed by atoms with van der Waals surface area (Å²) >= 11 is 5.19. The van der Waals surface area contributed by atoms with E-state index in [1.807, 2.05) is 0 Å². The molecule has 0 saturated heterocycles. The SMILES string of the molecule is COc1cc(C(=O)Cl)cc(C#N)c1F. The summed E-state index contributed by atoms with van der Waals surface area (Å²) < 4.78 is 17.9. The van der Waals surface area contributed by atoms with Gasteiger partial charge in [-0.05, 0) is 23.7 Å². The molecule has 0 heterocycles. The van der Waals surface area contributed by atoms with E-state index in [1.54, 1.807) is 6.07 Å². The topological polar surface area (TPSA) is 50.1 Å². The molecule has 0 atom stereocenters. The first-order valence-electron chi connectivity index (χ1n) is 3.57. The minimum Gasteiger partial charge on any atom is -0.494 e. The number of hydrogen-bond donors (Lipinski definition) is 0. The van der Waals surface area contributed by atoms with Crippen molar-refractivity contribution in [3.8, 4) is 11.8 Å². The molecule has 72 valence electrons. The summed E-state index contributed by atoms with van der Waals surface area (Å²) in [7, 11) is 1.24. The number of nitriles is 1. The van der Waals surface area contributed by atoms with Gasteiger partial charge in [-0.15, -0.1) is 0 Å². The fourth-order valence-corrected chi connectivity index (χ4v) is 1.05. The summed E-state index contributed by atoms with van der Waals surface area (Å²) in [6.45, 7) is 0. The van der Waals surface area contributed by atoms with Gasteiger partial charge in [0.2, 0.25) is 0 Å². The first kappa shape index (κ1) is 10.5. The van der Waals surface area contributed by atoms with Gasteiger partial charge in [-0.1, -0.05) is 0 Å². The van der Waals surface area contributed by atoms with Gasteiger partial charge < -0.3 is 4.74 Å². The molecule has 0 fully saturated rings. The Bertz CT molecular complexity index is 426. The summed E-state index contributed by atoms with van der Waals surface area (Å²) in [5, 5.41) is 7.78. The lowest BCUT2D eigenvalue weighted by molar-refractivity contribution is 0.108. The monoisotopic (exact) mass is 213 g/mol. The summed E-state index contributed by atoms with van der Waals surface area (Å²) in [6.07, 6.45) is 0. The van der Waals surface area contributed by atoms with Gasteiger partial charge in [0.15, 0.2) is 11.6 Å². The molecule has 0 N–H and O–H groups in total. The van der Waals surface area contributed by atoms with Crippen LogP contribution in [0, 0.1) is 17.1 Å². The van der Waals surface area contributed by atoms with Crippen molar-refractivity contribution in [2.24, 2.45) is 0 Å². The Balaban J connectivity index is 3.41. The van der Waals surface area contributed by atoms with Crippen molar-refractivity contribution in [2.45, 2.75) is 0 Å². The highest BCUT2D eigenvalue weighted by Crippen LogP contribution is 2.23. The second-order valence-electron chi connectivity index (χ2n) is 2.43. The van der Waals surface area contributed by atoms with Gasteiger partial charge in [-0.3, -0.25) is 4.79 Å². The Morgan fingerprint density at radius 3 is 2.71 bits per heavy atom. The predicted molar refractivity (Wildman–Crippen MR) is 47.9 cm³/mol. The molecule has 0 radical (unpaired) electrons. The summed E-state index contributed by atoms with van der Waals surface area (Å²) in [5.41, 5.74) is -0.241. The molecule has 0 spiro atoms. The first-order valence-corrected chi connectivity index (χ1v) is 3.95. The second-order valence-corrected chi connectivity index (χ2v) is 2.77. The molecule has 0 saturated carbocycles. The van der Waals surface area contributed by atoms with E-state index < -0.39 is 11.1 Å². The van der Waals surface area contributed by atoms with Crippen LogP contribution in [0.4, 0.5) is 4.39 Å². The van der Waals surface area contributed by atoms with Crippen LogP contribution in [0.25, 0.3) is 0 Å². The number of carbonyl (C=O) groups is 1. The number of rotatable bonds is 2. The highest BCUT2D eigenvalue weighted by atomic mass is 35.5. The van der Waals surface area contributed by atoms with Crippen LogP contribution in [-0.2, 0) is 0 Å². The quantitative estimate of drug-likeness (QED) is 0.707. The number of hydrogen-bond acceptors (Lipinski definition) is 3. The maximum absolute atomic E-state index is 13.2. The van der Waals surface area contributed by atoms with E-state index in [4.69, 9.17) is 16.9 Å². The highest BCUT2D eigenvalue weighted by molar-refractivity contribution is 6.67. The van der Waals surface area contributed by atoms with Crippen LogP contribution in [0.3, 0.4) is 0 Å². The molecule has 3 nitrogen and oxygen atoms in total. The Labute approximate surface area is 84.7 Å². The van der Waals surface area contributed by atoms with Gasteiger partial charge in [0, 0.05) is 5.56 Å². The zero-order valence-electron chi connectivity index (χ0n) is 7.17. The fourth-order valence-electron chi connectivity index (χ4n) is 0.941. The van der Waals surface area contributed by atoms with E-state index >= 15 is 0 Å². The molecular formula is C9H5ClFNO2. The van der Waals surface area contributed by atoms with Gasteiger partial charge in [0.1, 0.15) is 6.07 Å². The zero-order chi connectivity index (χ0) is 10.7. The van der Waals surface area contributed by atoms with Crippen molar-refractivity contribution >= 4 is 16.8 Å². The maximum atomic E-state index is 13.2. The number of carbonyl (C=O) groups excluding carboxylic acids is 1. The molecule has 1 aromatic rings. The fraction of sp³-hybridized carbons (Fsp3) is 0.111. The molecule has 0 amide bonds. The molecule has 0 bridgehead atoms. The zero-order valence-corrected chi connectivity index (χ0v) is 7.93. The molecule has 0 aliphatic heterocycles. The molecule has 5 heteroatoms. The number of ether oxygens (including phenoxy) is 1. The van der Waals surface area contributed by atoms with Crippen molar-refractivity contribution in [3.05, 3.63) is 29.1 Å². The van der Waals surface area contributed by atoms with Crippen molar-refractivity contribution < 1.29 is 13.9 Å².